The molecule has 18 heavy (non-hydrogen) atoms. The molecular formula is C11H8ClF3N2S. The molecule has 2 aromatic rings. The fourth-order valence-corrected chi connectivity index (χ4v) is 2.18. The smallest absolute Gasteiger partial charge is 0.357 e. The average molecular weight is 293 g/mol. The Hall–Kier alpha value is -1.27. The van der Waals surface area contributed by atoms with E-state index in [1.165, 1.54) is 0 Å². The molecule has 7 heteroatoms. The number of anilines is 1. The Morgan fingerprint density at radius 2 is 2.00 bits per heavy atom. The fourth-order valence-electron chi connectivity index (χ4n) is 1.30. The Morgan fingerprint density at radius 3 is 2.61 bits per heavy atom. The summed E-state index contributed by atoms with van der Waals surface area (Å²) in [6, 6.07) is 7.12. The largest absolute Gasteiger partial charge is 0.427 e. The van der Waals surface area contributed by atoms with E-state index in [2.05, 4.69) is 10.3 Å². The number of benzene rings is 1. The molecular weight excluding hydrogens is 285 g/mol. The molecule has 0 atom stereocenters. The molecule has 1 N–H and O–H groups in total. The monoisotopic (exact) mass is 292 g/mol. The number of rotatable bonds is 3. The molecule has 0 aliphatic carbocycles. The summed E-state index contributed by atoms with van der Waals surface area (Å²) in [6.45, 7) is 0.338. The van der Waals surface area contributed by atoms with Gasteiger partial charge in [0.15, 0.2) is 5.13 Å². The van der Waals surface area contributed by atoms with E-state index >= 15 is 0 Å². The Morgan fingerprint density at radius 1 is 1.28 bits per heavy atom. The van der Waals surface area contributed by atoms with E-state index in [0.717, 1.165) is 11.8 Å². The standard InChI is InChI=1S/C11H8ClF3N2S/c12-8-4-2-1-3-7(8)5-16-10-17-6-9(18-10)11(13,14)15/h1-4,6H,5H2,(H,16,17). The highest BCUT2D eigenvalue weighted by Gasteiger charge is 2.33. The molecule has 0 bridgehead atoms. The van der Waals surface area contributed by atoms with Crippen LogP contribution in [0.25, 0.3) is 0 Å². The van der Waals surface area contributed by atoms with Crippen molar-refractivity contribution >= 4 is 28.1 Å². The third-order valence-electron chi connectivity index (χ3n) is 2.17. The molecule has 96 valence electrons. The van der Waals surface area contributed by atoms with Crippen LogP contribution < -0.4 is 5.32 Å². The maximum absolute atomic E-state index is 12.4. The van der Waals surface area contributed by atoms with Crippen LogP contribution in [0.5, 0.6) is 0 Å². The minimum atomic E-state index is -4.35. The first-order chi connectivity index (χ1) is 8.47. The van der Waals surface area contributed by atoms with Gasteiger partial charge < -0.3 is 5.32 Å². The second kappa shape index (κ2) is 5.16. The van der Waals surface area contributed by atoms with E-state index in [4.69, 9.17) is 11.6 Å². The van der Waals surface area contributed by atoms with Crippen molar-refractivity contribution in [2.45, 2.75) is 12.7 Å². The number of aromatic nitrogens is 1. The van der Waals surface area contributed by atoms with Crippen LogP contribution in [0, 0.1) is 0 Å². The van der Waals surface area contributed by atoms with E-state index in [1.54, 1.807) is 18.2 Å². The van der Waals surface area contributed by atoms with E-state index < -0.39 is 11.1 Å². The van der Waals surface area contributed by atoms with Gasteiger partial charge in [-0.15, -0.1) is 0 Å². The number of thiazole rings is 1. The second-order valence-electron chi connectivity index (χ2n) is 3.47. The fraction of sp³-hybridized carbons (Fsp3) is 0.182. The maximum Gasteiger partial charge on any atom is 0.427 e. The molecule has 0 saturated heterocycles. The molecule has 1 heterocycles. The summed E-state index contributed by atoms with van der Waals surface area (Å²) in [4.78, 5) is 2.95. The van der Waals surface area contributed by atoms with Gasteiger partial charge in [0.2, 0.25) is 0 Å². The van der Waals surface area contributed by atoms with Gasteiger partial charge in [0.05, 0.1) is 6.20 Å². The molecule has 0 radical (unpaired) electrons. The van der Waals surface area contributed by atoms with Crippen LogP contribution in [0.4, 0.5) is 18.3 Å². The van der Waals surface area contributed by atoms with E-state index in [9.17, 15) is 13.2 Å². The number of hydrogen-bond acceptors (Lipinski definition) is 3. The van der Waals surface area contributed by atoms with Crippen molar-refractivity contribution in [3.8, 4) is 0 Å². The minimum absolute atomic E-state index is 0.224. The van der Waals surface area contributed by atoms with E-state index in [1.807, 2.05) is 6.07 Å². The number of halogens is 4. The van der Waals surface area contributed by atoms with Gasteiger partial charge in [-0.1, -0.05) is 41.1 Å². The van der Waals surface area contributed by atoms with Crippen LogP contribution in [0.2, 0.25) is 5.02 Å². The van der Waals surface area contributed by atoms with Gasteiger partial charge in [-0.2, -0.15) is 13.2 Å². The Bertz CT molecular complexity index is 539. The highest BCUT2D eigenvalue weighted by molar-refractivity contribution is 7.15. The molecule has 0 saturated carbocycles. The first-order valence-corrected chi connectivity index (χ1v) is 6.16. The predicted octanol–water partition coefficient (Wildman–Crippen LogP) is 4.43. The quantitative estimate of drug-likeness (QED) is 0.905. The van der Waals surface area contributed by atoms with Gasteiger partial charge in [-0.05, 0) is 11.6 Å². The van der Waals surface area contributed by atoms with Crippen molar-refractivity contribution in [1.29, 1.82) is 0 Å². The van der Waals surface area contributed by atoms with Crippen LogP contribution in [-0.2, 0) is 12.7 Å². The Kier molecular flexibility index (Phi) is 3.77. The molecule has 0 unspecified atom stereocenters. The lowest BCUT2D eigenvalue weighted by Crippen LogP contribution is -2.01. The van der Waals surface area contributed by atoms with Crippen molar-refractivity contribution in [3.63, 3.8) is 0 Å². The van der Waals surface area contributed by atoms with Gasteiger partial charge in [-0.3, -0.25) is 0 Å². The van der Waals surface area contributed by atoms with Gasteiger partial charge in [0.1, 0.15) is 4.88 Å². The third kappa shape index (κ3) is 3.14. The molecule has 0 amide bonds. The van der Waals surface area contributed by atoms with Crippen LogP contribution in [0.15, 0.2) is 30.5 Å². The van der Waals surface area contributed by atoms with E-state index in [-0.39, 0.29) is 5.13 Å². The zero-order chi connectivity index (χ0) is 13.2. The summed E-state index contributed by atoms with van der Waals surface area (Å²) in [5.74, 6) is 0. The normalized spacial score (nSPS) is 11.6. The lowest BCUT2D eigenvalue weighted by molar-refractivity contribution is -0.134. The van der Waals surface area contributed by atoms with Crippen molar-refractivity contribution in [2.24, 2.45) is 0 Å². The van der Waals surface area contributed by atoms with Crippen LogP contribution in [0.3, 0.4) is 0 Å². The summed E-state index contributed by atoms with van der Waals surface area (Å²) < 4.78 is 37.1. The lowest BCUT2D eigenvalue weighted by atomic mass is 10.2. The highest BCUT2D eigenvalue weighted by atomic mass is 35.5. The summed E-state index contributed by atoms with van der Waals surface area (Å²) in [7, 11) is 0. The molecule has 1 aromatic carbocycles. The van der Waals surface area contributed by atoms with Crippen LogP contribution >= 0.6 is 22.9 Å². The van der Waals surface area contributed by atoms with Gasteiger partial charge in [-0.25, -0.2) is 4.98 Å². The van der Waals surface area contributed by atoms with Gasteiger partial charge in [0.25, 0.3) is 0 Å². The predicted molar refractivity (Wildman–Crippen MR) is 65.9 cm³/mol. The second-order valence-corrected chi connectivity index (χ2v) is 4.91. The molecule has 2 rings (SSSR count). The number of alkyl halides is 3. The summed E-state index contributed by atoms with van der Waals surface area (Å²) in [5.41, 5.74) is 0.808. The first kappa shape index (κ1) is 13.2. The molecule has 0 fully saturated rings. The lowest BCUT2D eigenvalue weighted by Gasteiger charge is -2.04. The Balaban J connectivity index is 2.03. The SMILES string of the molecule is FC(F)(F)c1cnc(NCc2ccccc2Cl)s1. The maximum atomic E-state index is 12.4. The van der Waals surface area contributed by atoms with Crippen molar-refractivity contribution < 1.29 is 13.2 Å². The average Bonchev–Trinajstić information content (AvgIpc) is 2.76. The zero-order valence-electron chi connectivity index (χ0n) is 8.96. The van der Waals surface area contributed by atoms with Crippen LogP contribution in [0.1, 0.15) is 10.4 Å². The van der Waals surface area contributed by atoms with Gasteiger partial charge >= 0.3 is 6.18 Å². The van der Waals surface area contributed by atoms with Crippen molar-refractivity contribution in [2.75, 3.05) is 5.32 Å². The van der Waals surface area contributed by atoms with Crippen LogP contribution in [-0.4, -0.2) is 4.98 Å². The highest BCUT2D eigenvalue weighted by Crippen LogP contribution is 2.35. The molecule has 0 spiro atoms. The molecule has 0 aliphatic rings. The summed E-state index contributed by atoms with van der Waals surface area (Å²) >= 11 is 6.51. The van der Waals surface area contributed by atoms with Crippen molar-refractivity contribution in [1.82, 2.24) is 4.98 Å². The molecule has 2 nitrogen and oxygen atoms in total. The molecule has 0 aliphatic heterocycles. The summed E-state index contributed by atoms with van der Waals surface area (Å²) in [5, 5.41) is 3.61. The minimum Gasteiger partial charge on any atom is -0.357 e. The zero-order valence-corrected chi connectivity index (χ0v) is 10.5. The van der Waals surface area contributed by atoms with Gasteiger partial charge in [0, 0.05) is 11.6 Å². The molecule has 1 aromatic heterocycles. The van der Waals surface area contributed by atoms with Crippen molar-refractivity contribution in [3.05, 3.63) is 45.9 Å². The third-order valence-corrected chi connectivity index (χ3v) is 3.54. The number of nitrogens with one attached hydrogen (secondary N) is 1. The Labute approximate surface area is 110 Å². The topological polar surface area (TPSA) is 24.9 Å². The first-order valence-electron chi connectivity index (χ1n) is 4.97. The summed E-state index contributed by atoms with van der Waals surface area (Å²) in [6.07, 6.45) is -3.53. The number of hydrogen-bond donors (Lipinski definition) is 1. The number of nitrogens with zero attached hydrogens (tertiary/aromatic N) is 1. The van der Waals surface area contributed by atoms with E-state index in [0.29, 0.717) is 22.9 Å².